The predicted octanol–water partition coefficient (Wildman–Crippen LogP) is 0.956. The number of hydrogen-bond donors (Lipinski definition) is 2. The Kier molecular flexibility index (Phi) is 3.85. The van der Waals surface area contributed by atoms with E-state index in [1.54, 1.807) is 0 Å². The molecule has 0 radical (unpaired) electrons. The lowest BCUT2D eigenvalue weighted by molar-refractivity contribution is 0.0312. The molecule has 1 heterocycles. The van der Waals surface area contributed by atoms with Crippen molar-refractivity contribution in [3.05, 3.63) is 18.0 Å². The number of carbonyl (C=O) groups is 1. The van der Waals surface area contributed by atoms with Crippen molar-refractivity contribution in [2.75, 3.05) is 6.54 Å². The third-order valence-corrected chi connectivity index (χ3v) is 2.56. The molecule has 0 saturated heterocycles. The van der Waals surface area contributed by atoms with Crippen LogP contribution in [0.15, 0.2) is 16.9 Å². The van der Waals surface area contributed by atoms with Gasteiger partial charge in [-0.2, -0.15) is 0 Å². The number of carbonyl (C=O) groups excluding carboxylic acids is 1. The van der Waals surface area contributed by atoms with Crippen molar-refractivity contribution < 1.29 is 14.4 Å². The number of hydrogen-bond acceptors (Lipinski definition) is 4. The summed E-state index contributed by atoms with van der Waals surface area (Å²) in [7, 11) is 0. The van der Waals surface area contributed by atoms with E-state index >= 15 is 0 Å². The topological polar surface area (TPSA) is 75.4 Å². The average molecular weight is 212 g/mol. The van der Waals surface area contributed by atoms with E-state index in [0.29, 0.717) is 12.8 Å². The Bertz CT molecular complexity index is 304. The molecule has 0 fully saturated rings. The van der Waals surface area contributed by atoms with Gasteiger partial charge < -0.3 is 14.9 Å². The summed E-state index contributed by atoms with van der Waals surface area (Å²) in [6, 6.07) is 1.48. The van der Waals surface area contributed by atoms with E-state index in [2.05, 4.69) is 15.0 Å². The third-order valence-electron chi connectivity index (χ3n) is 2.56. The number of aromatic nitrogens is 1. The number of aliphatic hydroxyl groups is 1. The van der Waals surface area contributed by atoms with Gasteiger partial charge >= 0.3 is 0 Å². The van der Waals surface area contributed by atoms with Crippen LogP contribution in [0.1, 0.15) is 37.2 Å². The lowest BCUT2D eigenvalue weighted by Gasteiger charge is -2.24. The van der Waals surface area contributed by atoms with E-state index in [0.717, 1.165) is 0 Å². The van der Waals surface area contributed by atoms with Gasteiger partial charge in [-0.25, -0.2) is 0 Å². The van der Waals surface area contributed by atoms with Gasteiger partial charge in [-0.3, -0.25) is 4.79 Å². The zero-order valence-electron chi connectivity index (χ0n) is 8.99. The summed E-state index contributed by atoms with van der Waals surface area (Å²) < 4.78 is 4.55. The van der Waals surface area contributed by atoms with Crippen LogP contribution in [0, 0.1) is 0 Å². The molecule has 1 aromatic rings. The fraction of sp³-hybridized carbons (Fsp3) is 0.600. The Morgan fingerprint density at radius 2 is 2.27 bits per heavy atom. The first-order valence-electron chi connectivity index (χ1n) is 5.02. The maximum Gasteiger partial charge on any atom is 0.273 e. The summed E-state index contributed by atoms with van der Waals surface area (Å²) in [5.74, 6) is -0.330. The van der Waals surface area contributed by atoms with E-state index in [4.69, 9.17) is 0 Å². The van der Waals surface area contributed by atoms with Crippen molar-refractivity contribution >= 4 is 5.91 Å². The zero-order chi connectivity index (χ0) is 11.3. The highest BCUT2D eigenvalue weighted by atomic mass is 16.5. The monoisotopic (exact) mass is 212 g/mol. The summed E-state index contributed by atoms with van der Waals surface area (Å²) in [4.78, 5) is 11.4. The highest BCUT2D eigenvalue weighted by molar-refractivity contribution is 5.91. The van der Waals surface area contributed by atoms with Crippen molar-refractivity contribution in [1.82, 2.24) is 10.5 Å². The van der Waals surface area contributed by atoms with Gasteiger partial charge in [0.05, 0.1) is 5.60 Å². The Morgan fingerprint density at radius 1 is 1.60 bits per heavy atom. The highest BCUT2D eigenvalue weighted by Gasteiger charge is 2.23. The summed E-state index contributed by atoms with van der Waals surface area (Å²) >= 11 is 0. The molecule has 0 bridgehead atoms. The Morgan fingerprint density at radius 3 is 2.73 bits per heavy atom. The first-order valence-corrected chi connectivity index (χ1v) is 5.02. The first kappa shape index (κ1) is 11.7. The lowest BCUT2D eigenvalue weighted by atomic mass is 9.97. The average Bonchev–Trinajstić information content (AvgIpc) is 2.79. The summed E-state index contributed by atoms with van der Waals surface area (Å²) in [5.41, 5.74) is -0.607. The molecule has 1 aromatic heterocycles. The van der Waals surface area contributed by atoms with Gasteiger partial charge in [0.1, 0.15) is 6.26 Å². The van der Waals surface area contributed by atoms with E-state index in [-0.39, 0.29) is 18.1 Å². The molecule has 5 nitrogen and oxygen atoms in total. The molecular formula is C10H16N2O3. The molecule has 0 aromatic carbocycles. The lowest BCUT2D eigenvalue weighted by Crippen LogP contribution is -2.42. The van der Waals surface area contributed by atoms with Crippen molar-refractivity contribution in [2.24, 2.45) is 0 Å². The van der Waals surface area contributed by atoms with Crippen LogP contribution in [-0.4, -0.2) is 28.3 Å². The minimum absolute atomic E-state index is 0.226. The number of nitrogens with zero attached hydrogens (tertiary/aromatic N) is 1. The molecule has 2 N–H and O–H groups in total. The minimum atomic E-state index is -0.834. The van der Waals surface area contributed by atoms with Crippen LogP contribution in [-0.2, 0) is 0 Å². The fourth-order valence-corrected chi connectivity index (χ4v) is 1.17. The number of amides is 1. The van der Waals surface area contributed by atoms with Gasteiger partial charge in [-0.1, -0.05) is 19.0 Å². The molecule has 1 amide bonds. The number of rotatable bonds is 5. The smallest absolute Gasteiger partial charge is 0.273 e. The van der Waals surface area contributed by atoms with Crippen LogP contribution in [0.3, 0.4) is 0 Å². The molecule has 0 saturated carbocycles. The van der Waals surface area contributed by atoms with Gasteiger partial charge in [-0.05, 0) is 12.8 Å². The van der Waals surface area contributed by atoms with Gasteiger partial charge in [-0.15, -0.1) is 0 Å². The largest absolute Gasteiger partial charge is 0.388 e. The van der Waals surface area contributed by atoms with Crippen molar-refractivity contribution in [3.63, 3.8) is 0 Å². The van der Waals surface area contributed by atoms with Crippen LogP contribution in [0.5, 0.6) is 0 Å². The van der Waals surface area contributed by atoms with Gasteiger partial charge in [0, 0.05) is 12.6 Å². The molecule has 0 unspecified atom stereocenters. The predicted molar refractivity (Wildman–Crippen MR) is 54.4 cm³/mol. The van der Waals surface area contributed by atoms with Crippen molar-refractivity contribution in [3.8, 4) is 0 Å². The fourth-order valence-electron chi connectivity index (χ4n) is 1.17. The van der Waals surface area contributed by atoms with E-state index < -0.39 is 5.60 Å². The Balaban J connectivity index is 2.47. The minimum Gasteiger partial charge on any atom is -0.388 e. The highest BCUT2D eigenvalue weighted by Crippen LogP contribution is 2.12. The van der Waals surface area contributed by atoms with Crippen LogP contribution in [0.25, 0.3) is 0 Å². The molecule has 1 rings (SSSR count). The van der Waals surface area contributed by atoms with E-state index in [1.165, 1.54) is 12.3 Å². The van der Waals surface area contributed by atoms with Crippen LogP contribution < -0.4 is 5.32 Å². The van der Waals surface area contributed by atoms with Gasteiger partial charge in [0.2, 0.25) is 0 Å². The summed E-state index contributed by atoms with van der Waals surface area (Å²) in [5, 5.41) is 16.0. The quantitative estimate of drug-likeness (QED) is 0.762. The van der Waals surface area contributed by atoms with E-state index in [1.807, 2.05) is 13.8 Å². The molecule has 5 heteroatoms. The van der Waals surface area contributed by atoms with Crippen molar-refractivity contribution in [1.29, 1.82) is 0 Å². The SMILES string of the molecule is CCC(O)(CC)CNC(=O)c1ccon1. The van der Waals surface area contributed by atoms with Gasteiger partial charge in [0.15, 0.2) is 5.69 Å². The second-order valence-corrected chi connectivity index (χ2v) is 3.50. The summed E-state index contributed by atoms with van der Waals surface area (Å²) in [6.07, 6.45) is 2.53. The number of nitrogens with one attached hydrogen (secondary N) is 1. The second kappa shape index (κ2) is 4.93. The second-order valence-electron chi connectivity index (χ2n) is 3.50. The molecule has 0 spiro atoms. The van der Waals surface area contributed by atoms with E-state index in [9.17, 15) is 9.90 Å². The molecular weight excluding hydrogens is 196 g/mol. The summed E-state index contributed by atoms with van der Waals surface area (Å²) in [6.45, 7) is 3.99. The standard InChI is InChI=1S/C10H16N2O3/c1-3-10(14,4-2)7-11-9(13)8-5-6-15-12-8/h5-6,14H,3-4,7H2,1-2H3,(H,11,13). The van der Waals surface area contributed by atoms with Crippen LogP contribution in [0.4, 0.5) is 0 Å². The third kappa shape index (κ3) is 3.06. The molecule has 84 valence electrons. The molecule has 0 aliphatic rings. The van der Waals surface area contributed by atoms with Crippen LogP contribution in [0.2, 0.25) is 0 Å². The maximum absolute atomic E-state index is 11.4. The maximum atomic E-state index is 11.4. The normalized spacial score (nSPS) is 11.4. The molecule has 15 heavy (non-hydrogen) atoms. The first-order chi connectivity index (χ1) is 7.11. The molecule has 0 aliphatic carbocycles. The Labute approximate surface area is 88.5 Å². The Hall–Kier alpha value is -1.36. The molecule has 0 atom stereocenters. The van der Waals surface area contributed by atoms with Crippen molar-refractivity contribution in [2.45, 2.75) is 32.3 Å². The zero-order valence-corrected chi connectivity index (χ0v) is 8.99. The van der Waals surface area contributed by atoms with Gasteiger partial charge in [0.25, 0.3) is 5.91 Å². The molecule has 0 aliphatic heterocycles. The van der Waals surface area contributed by atoms with Crippen LogP contribution >= 0.6 is 0 Å².